The Morgan fingerprint density at radius 1 is 1.00 bits per heavy atom. The fourth-order valence-corrected chi connectivity index (χ4v) is 10.0. The first-order valence-corrected chi connectivity index (χ1v) is 14.6. The molecule has 206 valence electrons. The number of rotatable bonds is 2. The first kappa shape index (κ1) is 26.0. The van der Waals surface area contributed by atoms with Crippen LogP contribution >= 0.6 is 0 Å². The van der Waals surface area contributed by atoms with E-state index in [-0.39, 0.29) is 27.4 Å². The highest BCUT2D eigenvalue weighted by Gasteiger charge is 2.68. The Balaban J connectivity index is 1.51. The minimum atomic E-state index is -0.751. The van der Waals surface area contributed by atoms with Crippen LogP contribution in [0.1, 0.15) is 121 Å². The highest BCUT2D eigenvalue weighted by atomic mass is 16.7. The summed E-state index contributed by atoms with van der Waals surface area (Å²) in [6, 6.07) is 2.09. The summed E-state index contributed by atoms with van der Waals surface area (Å²) < 4.78 is 12.3. The zero-order chi connectivity index (χ0) is 27.7. The second-order valence-corrected chi connectivity index (χ2v) is 14.7. The zero-order valence-corrected chi connectivity index (χ0v) is 24.5. The van der Waals surface area contributed by atoms with Gasteiger partial charge in [0.05, 0.1) is 5.41 Å². The van der Waals surface area contributed by atoms with Gasteiger partial charge in [0.25, 0.3) is 0 Å². The lowest BCUT2D eigenvalue weighted by atomic mass is 9.33. The number of carbonyl (C=O) groups excluding carboxylic acids is 1. The molecule has 3 saturated carbocycles. The summed E-state index contributed by atoms with van der Waals surface area (Å²) in [6.45, 7) is 17.2. The summed E-state index contributed by atoms with van der Waals surface area (Å²) in [5.41, 5.74) is 2.97. The Morgan fingerprint density at radius 2 is 1.68 bits per heavy atom. The van der Waals surface area contributed by atoms with Gasteiger partial charge in [0.2, 0.25) is 5.79 Å². The van der Waals surface area contributed by atoms with Gasteiger partial charge in [-0.3, -0.25) is 9.59 Å². The fourth-order valence-electron chi connectivity index (χ4n) is 10.0. The van der Waals surface area contributed by atoms with Gasteiger partial charge in [0.1, 0.15) is 0 Å². The van der Waals surface area contributed by atoms with Gasteiger partial charge in [0, 0.05) is 30.4 Å². The highest BCUT2D eigenvalue weighted by Crippen LogP contribution is 2.75. The number of carboxylic acid groups (broad SMARTS) is 1. The molecule has 4 aliphatic carbocycles. The third-order valence-electron chi connectivity index (χ3n) is 12.4. The molecule has 38 heavy (non-hydrogen) atoms. The van der Waals surface area contributed by atoms with E-state index >= 15 is 0 Å². The smallest absolute Gasteiger partial charge is 0.309 e. The average molecular weight is 521 g/mol. The largest absolute Gasteiger partial charge is 0.481 e. The molecule has 6 atom stereocenters. The molecule has 1 aromatic carbocycles. The molecule has 1 heterocycles. The second kappa shape index (κ2) is 7.46. The van der Waals surface area contributed by atoms with Gasteiger partial charge in [-0.1, -0.05) is 27.7 Å². The van der Waals surface area contributed by atoms with Crippen LogP contribution in [-0.2, 0) is 10.2 Å². The van der Waals surface area contributed by atoms with Crippen LogP contribution in [-0.4, -0.2) is 22.6 Å². The standard InChI is InChI=1S/C33H44O5/c1-9-33-15-13-31(7)20-16-22-26(38-28(3,4)37-22)19(2)25(20)21(34)17-23(31)32(33,8)14-12-29(5)10-11-30(6,27(35)36)18-24(29)33/h16-17,24H,9-15,18H2,1-8H3,(H,35,36)/t24-,29-,30-,31+,32-,33+/m1/s1. The van der Waals surface area contributed by atoms with Crippen molar-refractivity contribution in [1.82, 2.24) is 0 Å². The molecule has 5 aliphatic rings. The van der Waals surface area contributed by atoms with E-state index in [1.165, 1.54) is 5.57 Å². The molecule has 5 nitrogen and oxygen atoms in total. The van der Waals surface area contributed by atoms with Crippen LogP contribution in [0, 0.1) is 34.5 Å². The van der Waals surface area contributed by atoms with Gasteiger partial charge >= 0.3 is 5.97 Å². The molecule has 1 aromatic rings. The molecule has 1 N–H and O–H groups in total. The SMILES string of the molecule is CC[C@@]12CC[C@]3(C)C(=CC(=O)c4c3cc3c(c4C)OC(C)(C)O3)[C@@]1(C)CC[C@@]1(C)CC[C@@](C)(C(=O)O)C[C@H]12. The van der Waals surface area contributed by atoms with Crippen LogP contribution in [0.25, 0.3) is 0 Å². The minimum absolute atomic E-state index is 0.0341. The Kier molecular flexibility index (Phi) is 5.09. The van der Waals surface area contributed by atoms with Crippen LogP contribution in [0.3, 0.4) is 0 Å². The van der Waals surface area contributed by atoms with E-state index < -0.39 is 17.2 Å². The summed E-state index contributed by atoms with van der Waals surface area (Å²) in [5.74, 6) is 0.403. The van der Waals surface area contributed by atoms with E-state index in [1.54, 1.807) is 0 Å². The Bertz CT molecular complexity index is 1310. The zero-order valence-electron chi connectivity index (χ0n) is 24.5. The van der Waals surface area contributed by atoms with Crippen molar-refractivity contribution >= 4 is 11.8 Å². The molecule has 0 amide bonds. The van der Waals surface area contributed by atoms with Crippen LogP contribution < -0.4 is 9.47 Å². The summed E-state index contributed by atoms with van der Waals surface area (Å²) in [5, 5.41) is 10.2. The molecule has 0 saturated heterocycles. The van der Waals surface area contributed by atoms with Crippen molar-refractivity contribution in [3.63, 3.8) is 0 Å². The van der Waals surface area contributed by atoms with E-state index in [0.29, 0.717) is 11.7 Å². The monoisotopic (exact) mass is 520 g/mol. The van der Waals surface area contributed by atoms with Gasteiger partial charge in [-0.2, -0.15) is 0 Å². The molecule has 0 unspecified atom stereocenters. The molecule has 6 rings (SSSR count). The van der Waals surface area contributed by atoms with E-state index in [0.717, 1.165) is 73.8 Å². The average Bonchev–Trinajstić information content (AvgIpc) is 3.16. The van der Waals surface area contributed by atoms with Crippen molar-refractivity contribution in [3.8, 4) is 11.5 Å². The summed E-state index contributed by atoms with van der Waals surface area (Å²) in [4.78, 5) is 26.4. The molecule has 3 fully saturated rings. The molecule has 0 bridgehead atoms. The van der Waals surface area contributed by atoms with Crippen molar-refractivity contribution in [2.45, 2.75) is 118 Å². The number of benzene rings is 1. The third kappa shape index (κ3) is 2.99. The van der Waals surface area contributed by atoms with Crippen LogP contribution in [0.5, 0.6) is 11.5 Å². The first-order valence-electron chi connectivity index (χ1n) is 14.6. The lowest BCUT2D eigenvalue weighted by Crippen LogP contribution is -2.63. The predicted octanol–water partition coefficient (Wildman–Crippen LogP) is 7.77. The first-order chi connectivity index (χ1) is 17.6. The summed E-state index contributed by atoms with van der Waals surface area (Å²) >= 11 is 0. The van der Waals surface area contributed by atoms with E-state index in [9.17, 15) is 14.7 Å². The number of ether oxygens (including phenoxy) is 2. The lowest BCUT2D eigenvalue weighted by molar-refractivity contribution is -0.183. The van der Waals surface area contributed by atoms with E-state index in [2.05, 4.69) is 33.8 Å². The number of carboxylic acids is 1. The van der Waals surface area contributed by atoms with Crippen molar-refractivity contribution in [2.24, 2.45) is 27.6 Å². The number of ketones is 1. The second-order valence-electron chi connectivity index (χ2n) is 14.7. The van der Waals surface area contributed by atoms with Crippen molar-refractivity contribution in [2.75, 3.05) is 0 Å². The number of carbonyl (C=O) groups is 2. The molecule has 1 aliphatic heterocycles. The molecular formula is C33H44O5. The van der Waals surface area contributed by atoms with Gasteiger partial charge < -0.3 is 14.6 Å². The predicted molar refractivity (Wildman–Crippen MR) is 147 cm³/mol. The maximum atomic E-state index is 14.0. The van der Waals surface area contributed by atoms with Crippen LogP contribution in [0.4, 0.5) is 0 Å². The molecule has 5 heteroatoms. The third-order valence-corrected chi connectivity index (χ3v) is 12.4. The maximum Gasteiger partial charge on any atom is 0.309 e. The van der Waals surface area contributed by atoms with E-state index in [4.69, 9.17) is 9.47 Å². The van der Waals surface area contributed by atoms with Gasteiger partial charge in [-0.05, 0) is 111 Å². The number of allylic oxidation sites excluding steroid dienone is 2. The number of hydrogen-bond donors (Lipinski definition) is 1. The minimum Gasteiger partial charge on any atom is -0.481 e. The Hall–Kier alpha value is -2.30. The van der Waals surface area contributed by atoms with Crippen LogP contribution in [0.15, 0.2) is 17.7 Å². The van der Waals surface area contributed by atoms with Crippen molar-refractivity contribution in [3.05, 3.63) is 34.4 Å². The fraction of sp³-hybridized carbons (Fsp3) is 0.697. The van der Waals surface area contributed by atoms with E-state index in [1.807, 2.05) is 33.8 Å². The van der Waals surface area contributed by atoms with Crippen molar-refractivity contribution in [1.29, 1.82) is 0 Å². The van der Waals surface area contributed by atoms with Gasteiger partial charge in [-0.25, -0.2) is 0 Å². The number of hydrogen-bond acceptors (Lipinski definition) is 4. The van der Waals surface area contributed by atoms with Gasteiger partial charge in [0.15, 0.2) is 17.3 Å². The number of aliphatic carboxylic acids is 1. The molecule has 0 radical (unpaired) electrons. The summed E-state index contributed by atoms with van der Waals surface area (Å²) in [7, 11) is 0. The molecule has 0 aromatic heterocycles. The maximum absolute atomic E-state index is 14.0. The number of fused-ring (bicyclic) bond motifs is 8. The molecular weight excluding hydrogens is 476 g/mol. The normalized spacial score (nSPS) is 42.4. The Morgan fingerprint density at radius 3 is 2.34 bits per heavy atom. The Labute approximate surface area is 227 Å². The van der Waals surface area contributed by atoms with Gasteiger partial charge in [-0.15, -0.1) is 0 Å². The summed E-state index contributed by atoms with van der Waals surface area (Å²) in [6.07, 6.45) is 9.53. The lowest BCUT2D eigenvalue weighted by Gasteiger charge is -2.70. The van der Waals surface area contributed by atoms with Crippen molar-refractivity contribution < 1.29 is 24.2 Å². The van der Waals surface area contributed by atoms with Crippen LogP contribution in [0.2, 0.25) is 0 Å². The quantitative estimate of drug-likeness (QED) is 0.431. The topological polar surface area (TPSA) is 72.8 Å². The highest BCUT2D eigenvalue weighted by molar-refractivity contribution is 6.10. The molecule has 0 spiro atoms.